The Morgan fingerprint density at radius 3 is 2.69 bits per heavy atom. The number of allylic oxidation sites excluding steroid dienone is 1. The largest absolute Gasteiger partial charge is 0.493 e. The number of fused-ring (bicyclic) bond motifs is 1. The minimum atomic E-state index is -0.632. The number of methoxy groups -OCH3 is 1. The summed E-state index contributed by atoms with van der Waals surface area (Å²) >= 11 is 7.44. The maximum Gasteiger partial charge on any atom is 0.338 e. The quantitative estimate of drug-likeness (QED) is 0.538. The molecule has 1 aliphatic rings. The summed E-state index contributed by atoms with van der Waals surface area (Å²) in [7, 11) is 1.32. The third kappa shape index (κ3) is 4.01. The summed E-state index contributed by atoms with van der Waals surface area (Å²) in [5, 5.41) is 0.540. The highest BCUT2D eigenvalue weighted by Crippen LogP contribution is 2.30. The highest BCUT2D eigenvalue weighted by molar-refractivity contribution is 7.07. The molecule has 1 aliphatic heterocycles. The van der Waals surface area contributed by atoms with Gasteiger partial charge < -0.3 is 9.47 Å². The van der Waals surface area contributed by atoms with E-state index in [0.717, 1.165) is 5.56 Å². The van der Waals surface area contributed by atoms with Gasteiger partial charge in [-0.15, -0.1) is 0 Å². The number of thiazole rings is 1. The van der Waals surface area contributed by atoms with Crippen molar-refractivity contribution in [1.82, 2.24) is 4.57 Å². The third-order valence-electron chi connectivity index (χ3n) is 5.10. The number of carbonyl (C=O) groups excluding carboxylic acids is 1. The lowest BCUT2D eigenvalue weighted by Crippen LogP contribution is -2.39. The second-order valence-corrected chi connectivity index (χ2v) is 8.54. The molecule has 1 aromatic heterocycles. The van der Waals surface area contributed by atoms with Crippen molar-refractivity contribution in [1.29, 1.82) is 0 Å². The fraction of sp³-hybridized carbons (Fsp3) is 0.208. The highest BCUT2D eigenvalue weighted by atomic mass is 35.5. The van der Waals surface area contributed by atoms with E-state index in [2.05, 4.69) is 4.99 Å². The van der Waals surface area contributed by atoms with Crippen molar-refractivity contribution in [2.45, 2.75) is 19.9 Å². The first kappa shape index (κ1) is 22.0. The molecule has 6 nitrogen and oxygen atoms in total. The number of ether oxygens (including phenoxy) is 2. The molecule has 2 aromatic carbocycles. The molecule has 164 valence electrons. The minimum Gasteiger partial charge on any atom is -0.493 e. The van der Waals surface area contributed by atoms with E-state index in [4.69, 9.17) is 21.1 Å². The Morgan fingerprint density at radius 2 is 2.00 bits per heavy atom. The molecule has 0 fully saturated rings. The van der Waals surface area contributed by atoms with Crippen LogP contribution in [-0.2, 0) is 9.53 Å². The van der Waals surface area contributed by atoms with Gasteiger partial charge in [0.2, 0.25) is 0 Å². The summed E-state index contributed by atoms with van der Waals surface area (Å²) in [4.78, 5) is 31.3. The van der Waals surface area contributed by atoms with Gasteiger partial charge in [-0.1, -0.05) is 53.3 Å². The summed E-state index contributed by atoms with van der Waals surface area (Å²) in [6.07, 6.45) is 1.75. The van der Waals surface area contributed by atoms with Gasteiger partial charge in [0.15, 0.2) is 4.80 Å². The van der Waals surface area contributed by atoms with Gasteiger partial charge in [0, 0.05) is 10.6 Å². The van der Waals surface area contributed by atoms with E-state index in [-0.39, 0.29) is 5.56 Å². The Labute approximate surface area is 193 Å². The van der Waals surface area contributed by atoms with Gasteiger partial charge in [-0.05, 0) is 43.7 Å². The van der Waals surface area contributed by atoms with Crippen LogP contribution >= 0.6 is 22.9 Å². The molecule has 0 saturated heterocycles. The summed E-state index contributed by atoms with van der Waals surface area (Å²) in [5.74, 6) is 0.122. The Hall–Kier alpha value is -3.16. The Morgan fingerprint density at radius 1 is 1.25 bits per heavy atom. The molecule has 0 aliphatic carbocycles. The number of rotatable bonds is 5. The predicted molar refractivity (Wildman–Crippen MR) is 125 cm³/mol. The summed E-state index contributed by atoms with van der Waals surface area (Å²) in [6.45, 7) is 4.13. The number of halogens is 1. The second kappa shape index (κ2) is 9.14. The zero-order valence-electron chi connectivity index (χ0n) is 17.8. The van der Waals surface area contributed by atoms with Gasteiger partial charge in [0.1, 0.15) is 5.75 Å². The number of carbonyl (C=O) groups is 1. The van der Waals surface area contributed by atoms with Crippen LogP contribution in [0.5, 0.6) is 5.75 Å². The van der Waals surface area contributed by atoms with Crippen LogP contribution in [0, 0.1) is 0 Å². The number of hydrogen-bond acceptors (Lipinski definition) is 6. The van der Waals surface area contributed by atoms with Crippen LogP contribution in [0.15, 0.2) is 69.6 Å². The number of benzene rings is 2. The van der Waals surface area contributed by atoms with Crippen LogP contribution < -0.4 is 19.6 Å². The van der Waals surface area contributed by atoms with E-state index in [9.17, 15) is 9.59 Å². The van der Waals surface area contributed by atoms with E-state index in [1.807, 2.05) is 37.3 Å². The SMILES string of the molecule is CCOc1ccc(Cl)cc1C=c1sc2n(c1=O)C(c1ccccc1)C(C(=O)OC)=C(C)N=2. The molecule has 4 rings (SSSR count). The average Bonchev–Trinajstić information content (AvgIpc) is 3.09. The highest BCUT2D eigenvalue weighted by Gasteiger charge is 2.32. The van der Waals surface area contributed by atoms with Crippen molar-refractivity contribution in [2.24, 2.45) is 4.99 Å². The van der Waals surface area contributed by atoms with E-state index in [1.54, 1.807) is 35.8 Å². The van der Waals surface area contributed by atoms with Gasteiger partial charge in [0.25, 0.3) is 5.56 Å². The van der Waals surface area contributed by atoms with Crippen molar-refractivity contribution < 1.29 is 14.3 Å². The van der Waals surface area contributed by atoms with Gasteiger partial charge in [0.05, 0.1) is 35.6 Å². The molecule has 3 aromatic rings. The topological polar surface area (TPSA) is 69.9 Å². The average molecular weight is 469 g/mol. The van der Waals surface area contributed by atoms with Crippen molar-refractivity contribution in [2.75, 3.05) is 13.7 Å². The zero-order valence-corrected chi connectivity index (χ0v) is 19.4. The molecule has 0 N–H and O–H groups in total. The molecular formula is C24H21ClN2O4S. The first-order chi connectivity index (χ1) is 15.4. The van der Waals surface area contributed by atoms with Crippen molar-refractivity contribution in [3.63, 3.8) is 0 Å². The van der Waals surface area contributed by atoms with Crippen molar-refractivity contribution >= 4 is 35.0 Å². The molecule has 0 saturated carbocycles. The van der Waals surface area contributed by atoms with E-state index >= 15 is 0 Å². The lowest BCUT2D eigenvalue weighted by Gasteiger charge is -2.24. The van der Waals surface area contributed by atoms with Crippen LogP contribution in [-0.4, -0.2) is 24.3 Å². The van der Waals surface area contributed by atoms with Crippen LogP contribution in [0.2, 0.25) is 5.02 Å². The number of hydrogen-bond donors (Lipinski definition) is 0. The first-order valence-electron chi connectivity index (χ1n) is 10.0. The summed E-state index contributed by atoms with van der Waals surface area (Å²) < 4.78 is 12.7. The van der Waals surface area contributed by atoms with Gasteiger partial charge in [-0.25, -0.2) is 9.79 Å². The molecule has 2 heterocycles. The van der Waals surface area contributed by atoms with E-state index in [0.29, 0.717) is 43.5 Å². The van der Waals surface area contributed by atoms with Crippen LogP contribution in [0.25, 0.3) is 6.08 Å². The second-order valence-electron chi connectivity index (χ2n) is 7.10. The Balaban J connectivity index is 1.97. The Kier molecular flexibility index (Phi) is 6.30. The fourth-order valence-electron chi connectivity index (χ4n) is 3.70. The van der Waals surface area contributed by atoms with Crippen LogP contribution in [0.1, 0.15) is 31.0 Å². The fourth-order valence-corrected chi connectivity index (χ4v) is 4.92. The molecule has 0 amide bonds. The standard InChI is InChI=1S/C24H21ClN2O4S/c1-4-31-18-11-10-17(25)12-16(18)13-19-22(28)27-21(15-8-6-5-7-9-15)20(23(29)30-3)14(2)26-24(27)32-19/h5-13,21H,4H2,1-3H3. The minimum absolute atomic E-state index is 0.251. The van der Waals surface area contributed by atoms with Crippen LogP contribution in [0.3, 0.4) is 0 Å². The maximum absolute atomic E-state index is 13.6. The number of aromatic nitrogens is 1. The first-order valence-corrected chi connectivity index (χ1v) is 11.2. The molecule has 0 spiro atoms. The van der Waals surface area contributed by atoms with Crippen molar-refractivity contribution in [3.8, 4) is 5.75 Å². The van der Waals surface area contributed by atoms with Gasteiger partial charge >= 0.3 is 5.97 Å². The monoisotopic (exact) mass is 468 g/mol. The molecule has 1 atom stereocenters. The molecule has 1 unspecified atom stereocenters. The number of esters is 1. The summed E-state index contributed by atoms with van der Waals surface area (Å²) in [6, 6.07) is 14.0. The Bertz CT molecular complexity index is 1390. The van der Waals surface area contributed by atoms with E-state index in [1.165, 1.54) is 18.4 Å². The molecule has 0 radical (unpaired) electrons. The lowest BCUT2D eigenvalue weighted by molar-refractivity contribution is -0.136. The molecule has 0 bridgehead atoms. The lowest BCUT2D eigenvalue weighted by atomic mass is 9.96. The molecular weight excluding hydrogens is 448 g/mol. The molecule has 8 heteroatoms. The van der Waals surface area contributed by atoms with E-state index < -0.39 is 12.0 Å². The van der Waals surface area contributed by atoms with Gasteiger partial charge in [-0.2, -0.15) is 0 Å². The predicted octanol–water partition coefficient (Wildman–Crippen LogP) is 3.46. The smallest absolute Gasteiger partial charge is 0.338 e. The van der Waals surface area contributed by atoms with Crippen LogP contribution in [0.4, 0.5) is 0 Å². The maximum atomic E-state index is 13.6. The molecule has 32 heavy (non-hydrogen) atoms. The normalized spacial score (nSPS) is 15.9. The third-order valence-corrected chi connectivity index (χ3v) is 6.32. The zero-order chi connectivity index (χ0) is 22.8. The van der Waals surface area contributed by atoms with Gasteiger partial charge in [-0.3, -0.25) is 9.36 Å². The van der Waals surface area contributed by atoms with Crippen molar-refractivity contribution in [3.05, 3.63) is 95.6 Å². The number of nitrogens with zero attached hydrogens (tertiary/aromatic N) is 2. The summed E-state index contributed by atoms with van der Waals surface area (Å²) in [5.41, 5.74) is 2.11.